The van der Waals surface area contributed by atoms with E-state index in [9.17, 15) is 19.5 Å². The molecule has 1 saturated carbocycles. The normalized spacial score (nSPS) is 20.3. The second kappa shape index (κ2) is 13.9. The maximum atomic E-state index is 14.2. The second-order valence-corrected chi connectivity index (χ2v) is 15.6. The van der Waals surface area contributed by atoms with Gasteiger partial charge in [0.15, 0.2) is 0 Å². The summed E-state index contributed by atoms with van der Waals surface area (Å²) in [6.07, 6.45) is 8.71. The third kappa shape index (κ3) is 6.86. The molecule has 1 aromatic carbocycles. The fourth-order valence-corrected chi connectivity index (χ4v) is 8.58. The summed E-state index contributed by atoms with van der Waals surface area (Å²) in [5.74, 6) is 0.713. The molecule has 52 heavy (non-hydrogen) atoms. The quantitative estimate of drug-likeness (QED) is 0.233. The number of aliphatic hydroxyl groups is 1. The summed E-state index contributed by atoms with van der Waals surface area (Å²) < 4.78 is 9.06. The second-order valence-electron chi connectivity index (χ2n) is 14.6. The number of nitrogens with zero attached hydrogens (tertiary/aromatic N) is 7. The van der Waals surface area contributed by atoms with Crippen LogP contribution in [0.3, 0.4) is 0 Å². The van der Waals surface area contributed by atoms with Crippen LogP contribution in [-0.2, 0) is 18.4 Å². The summed E-state index contributed by atoms with van der Waals surface area (Å²) in [6, 6.07) is 15.5. The Hall–Kier alpha value is -4.88. The first kappa shape index (κ1) is 34.2. The van der Waals surface area contributed by atoms with Gasteiger partial charge in [-0.1, -0.05) is 30.3 Å². The Labute approximate surface area is 305 Å². The lowest BCUT2D eigenvalue weighted by molar-refractivity contribution is -0.142. The number of aromatic nitrogens is 5. The van der Waals surface area contributed by atoms with Crippen molar-refractivity contribution in [2.24, 2.45) is 18.9 Å². The molecule has 1 aliphatic carbocycles. The number of benzene rings is 1. The molecule has 270 valence electrons. The fourth-order valence-electron chi connectivity index (χ4n) is 7.56. The van der Waals surface area contributed by atoms with Crippen molar-refractivity contribution in [2.75, 3.05) is 32.8 Å². The van der Waals surface area contributed by atoms with E-state index in [1.54, 1.807) is 23.0 Å². The Morgan fingerprint density at radius 2 is 1.79 bits per heavy atom. The molecule has 3 fully saturated rings. The number of fused-ring (bicyclic) bond motifs is 1. The van der Waals surface area contributed by atoms with E-state index >= 15 is 0 Å². The monoisotopic (exact) mass is 721 g/mol. The average molecular weight is 722 g/mol. The minimum Gasteiger partial charge on any atom is -0.477 e. The average Bonchev–Trinajstić information content (AvgIpc) is 3.81. The number of ether oxygens (including phenoxy) is 1. The van der Waals surface area contributed by atoms with Crippen molar-refractivity contribution in [3.05, 3.63) is 93.7 Å². The topological polar surface area (TPSA) is 136 Å². The van der Waals surface area contributed by atoms with E-state index in [1.165, 1.54) is 35.1 Å². The van der Waals surface area contributed by atoms with Crippen LogP contribution in [-0.4, -0.2) is 89.2 Å². The molecule has 0 bridgehead atoms. The summed E-state index contributed by atoms with van der Waals surface area (Å²) in [5, 5.41) is 12.8. The largest absolute Gasteiger partial charge is 0.477 e. The van der Waals surface area contributed by atoms with Crippen LogP contribution in [0.25, 0.3) is 21.6 Å². The van der Waals surface area contributed by atoms with Crippen molar-refractivity contribution in [1.82, 2.24) is 33.9 Å². The molecule has 2 saturated heterocycles. The smallest absolute Gasteiger partial charge is 0.265 e. The zero-order valence-corrected chi connectivity index (χ0v) is 30.3. The molecule has 6 heterocycles. The van der Waals surface area contributed by atoms with Gasteiger partial charge < -0.3 is 24.2 Å². The van der Waals surface area contributed by atoms with E-state index in [0.29, 0.717) is 85.5 Å². The van der Waals surface area contributed by atoms with Crippen molar-refractivity contribution >= 4 is 34.2 Å². The predicted octanol–water partition coefficient (Wildman–Crippen LogP) is 4.65. The number of amides is 2. The van der Waals surface area contributed by atoms with Gasteiger partial charge in [-0.05, 0) is 62.6 Å². The minimum absolute atomic E-state index is 0.0425. The fraction of sp³-hybridized carbons (Fsp3) is 0.436. The van der Waals surface area contributed by atoms with E-state index in [4.69, 9.17) is 9.72 Å². The molecule has 12 nitrogen and oxygen atoms in total. The molecule has 5 aromatic rings. The Bertz CT molecular complexity index is 2150. The number of aryl methyl sites for hydroxylation is 2. The lowest BCUT2D eigenvalue weighted by Gasteiger charge is -2.43. The third-order valence-electron chi connectivity index (χ3n) is 10.9. The van der Waals surface area contributed by atoms with Crippen molar-refractivity contribution in [2.45, 2.75) is 57.1 Å². The predicted molar refractivity (Wildman–Crippen MR) is 197 cm³/mol. The van der Waals surface area contributed by atoms with Crippen LogP contribution in [0.5, 0.6) is 5.88 Å². The third-order valence-corrected chi connectivity index (χ3v) is 12.1. The van der Waals surface area contributed by atoms with Crippen molar-refractivity contribution in [3.8, 4) is 16.5 Å². The van der Waals surface area contributed by atoms with Gasteiger partial charge in [-0.25, -0.2) is 15.0 Å². The SMILES string of the molecule is Cc1nc(-c2ccc(OCC3CC3)nc2)sc1C(=O)N1CC[C@@H](C(=O)N2CCC(O)(Cn3cnc4c(ccn4C)c3=O)CC2)[C@H](c2ccccc2)C1. The molecule has 8 rings (SSSR count). The molecule has 2 atom stereocenters. The zero-order chi connectivity index (χ0) is 36.0. The highest BCUT2D eigenvalue weighted by molar-refractivity contribution is 7.17. The maximum absolute atomic E-state index is 14.2. The first-order valence-electron chi connectivity index (χ1n) is 18.1. The number of rotatable bonds is 9. The van der Waals surface area contributed by atoms with E-state index in [-0.39, 0.29) is 35.8 Å². The van der Waals surface area contributed by atoms with Crippen LogP contribution >= 0.6 is 11.3 Å². The highest BCUT2D eigenvalue weighted by atomic mass is 32.1. The van der Waals surface area contributed by atoms with Gasteiger partial charge in [-0.3, -0.25) is 19.0 Å². The van der Waals surface area contributed by atoms with Gasteiger partial charge in [0.25, 0.3) is 11.5 Å². The van der Waals surface area contributed by atoms with Gasteiger partial charge in [0.05, 0.1) is 29.8 Å². The lowest BCUT2D eigenvalue weighted by atomic mass is 9.79. The minimum atomic E-state index is -1.13. The number of thiazole rings is 1. The molecule has 0 unspecified atom stereocenters. The van der Waals surface area contributed by atoms with E-state index < -0.39 is 5.60 Å². The first-order chi connectivity index (χ1) is 25.2. The van der Waals surface area contributed by atoms with E-state index in [2.05, 4.69) is 9.97 Å². The highest BCUT2D eigenvalue weighted by Crippen LogP contribution is 2.37. The van der Waals surface area contributed by atoms with Gasteiger partial charge in [0.2, 0.25) is 11.8 Å². The van der Waals surface area contributed by atoms with Crippen LogP contribution in [0.2, 0.25) is 0 Å². The molecule has 4 aromatic heterocycles. The van der Waals surface area contributed by atoms with Crippen molar-refractivity contribution in [3.63, 3.8) is 0 Å². The van der Waals surface area contributed by atoms with Gasteiger partial charge in [0, 0.05) is 69.1 Å². The first-order valence-corrected chi connectivity index (χ1v) is 18.9. The van der Waals surface area contributed by atoms with Crippen LogP contribution in [0.4, 0.5) is 0 Å². The number of carbonyl (C=O) groups is 2. The van der Waals surface area contributed by atoms with Crippen LogP contribution in [0, 0.1) is 18.8 Å². The molecule has 3 aliphatic rings. The van der Waals surface area contributed by atoms with Crippen molar-refractivity contribution < 1.29 is 19.4 Å². The van der Waals surface area contributed by atoms with E-state index in [1.807, 2.05) is 66.2 Å². The summed E-state index contributed by atoms with van der Waals surface area (Å²) in [7, 11) is 1.84. The standard InChI is InChI=1S/C39H43N7O5S/c1-25-33(52-35(42-25)28-10-11-32(40-20-28)51-22-26-8-9-26)38(49)45-17-13-29(31(21-45)27-6-4-3-5-7-27)36(47)44-18-14-39(50,15-19-44)23-46-24-41-34-30(37(46)48)12-16-43(34)2/h3-7,10-12,16,20,24,26,29,31,50H,8-9,13-15,17-19,21-23H2,1-2H3/t29-,31+/m1/s1. The highest BCUT2D eigenvalue weighted by Gasteiger charge is 2.42. The Morgan fingerprint density at radius 1 is 1.00 bits per heavy atom. The Kier molecular flexibility index (Phi) is 9.16. The number of hydrogen-bond acceptors (Lipinski definition) is 9. The number of piperidine rings is 2. The maximum Gasteiger partial charge on any atom is 0.265 e. The van der Waals surface area contributed by atoms with Gasteiger partial charge >= 0.3 is 0 Å². The zero-order valence-electron chi connectivity index (χ0n) is 29.5. The molecule has 2 aliphatic heterocycles. The molecular weight excluding hydrogens is 679 g/mol. The number of pyridine rings is 1. The van der Waals surface area contributed by atoms with Gasteiger partial charge in [0.1, 0.15) is 21.9 Å². The molecule has 2 amide bonds. The number of hydrogen-bond donors (Lipinski definition) is 1. The summed E-state index contributed by atoms with van der Waals surface area (Å²) in [6.45, 7) is 4.32. The van der Waals surface area contributed by atoms with Crippen molar-refractivity contribution in [1.29, 1.82) is 0 Å². The van der Waals surface area contributed by atoms with Crippen LogP contribution < -0.4 is 10.3 Å². The lowest BCUT2D eigenvalue weighted by Crippen LogP contribution is -2.53. The summed E-state index contributed by atoms with van der Waals surface area (Å²) >= 11 is 1.37. The summed E-state index contributed by atoms with van der Waals surface area (Å²) in [4.78, 5) is 59.3. The van der Waals surface area contributed by atoms with E-state index in [0.717, 1.165) is 16.1 Å². The molecule has 13 heteroatoms. The Morgan fingerprint density at radius 3 is 2.52 bits per heavy atom. The molecular formula is C39H43N7O5S. The number of carbonyl (C=O) groups excluding carboxylic acids is 2. The van der Waals surface area contributed by atoms with Crippen LogP contribution in [0.1, 0.15) is 59.0 Å². The van der Waals surface area contributed by atoms with Gasteiger partial charge in [-0.2, -0.15) is 0 Å². The molecule has 0 spiro atoms. The molecule has 0 radical (unpaired) electrons. The Balaban J connectivity index is 0.939. The number of likely N-dealkylation sites (tertiary alicyclic amines) is 2. The molecule has 1 N–H and O–H groups in total. The summed E-state index contributed by atoms with van der Waals surface area (Å²) in [5.41, 5.74) is 1.82. The van der Waals surface area contributed by atoms with Gasteiger partial charge in [-0.15, -0.1) is 11.3 Å². The van der Waals surface area contributed by atoms with Crippen LogP contribution in [0.15, 0.2) is 72.0 Å².